The van der Waals surface area contributed by atoms with Gasteiger partial charge >= 0.3 is 0 Å². The summed E-state index contributed by atoms with van der Waals surface area (Å²) in [6.45, 7) is 0. The molecule has 0 aliphatic heterocycles. The fourth-order valence-corrected chi connectivity index (χ4v) is 0.899. The maximum atomic E-state index is 12.8. The highest BCUT2D eigenvalue weighted by Crippen LogP contribution is 2.10. The van der Waals surface area contributed by atoms with Crippen LogP contribution in [0.2, 0.25) is 0 Å². The first-order valence-electron chi connectivity index (χ1n) is 3.20. The minimum atomic E-state index is -0.935. The number of halogens is 1. The number of amides is 1. The maximum absolute atomic E-state index is 12.8. The molecule has 1 amide bonds. The van der Waals surface area contributed by atoms with Crippen molar-refractivity contribution in [3.05, 3.63) is 35.1 Å². The van der Waals surface area contributed by atoms with Crippen molar-refractivity contribution in [1.29, 1.82) is 0 Å². The quantitative estimate of drug-likeness (QED) is 0.660. The molecule has 62 valence electrons. The van der Waals surface area contributed by atoms with Gasteiger partial charge in [-0.1, -0.05) is 12.1 Å². The predicted molar refractivity (Wildman–Crippen MR) is 40.3 cm³/mol. The highest BCUT2D eigenvalue weighted by molar-refractivity contribution is 6.00. The van der Waals surface area contributed by atoms with Gasteiger partial charge in [0.1, 0.15) is 5.82 Å². The molecule has 1 rings (SSSR count). The van der Waals surface area contributed by atoms with Crippen LogP contribution in [0, 0.1) is 5.82 Å². The van der Waals surface area contributed by atoms with Gasteiger partial charge < -0.3 is 5.73 Å². The Hall–Kier alpha value is -1.71. The van der Waals surface area contributed by atoms with E-state index in [-0.39, 0.29) is 11.1 Å². The average molecular weight is 167 g/mol. The molecule has 1 aromatic rings. The molecule has 4 heteroatoms. The number of primary amides is 1. The van der Waals surface area contributed by atoms with Crippen molar-refractivity contribution in [3.8, 4) is 0 Å². The van der Waals surface area contributed by atoms with Gasteiger partial charge in [-0.05, 0) is 6.07 Å². The fourth-order valence-electron chi connectivity index (χ4n) is 0.899. The Morgan fingerprint density at radius 3 is 2.58 bits per heavy atom. The Morgan fingerprint density at radius 2 is 2.17 bits per heavy atom. The summed E-state index contributed by atoms with van der Waals surface area (Å²) in [7, 11) is 0. The Kier molecular flexibility index (Phi) is 2.19. The van der Waals surface area contributed by atoms with Gasteiger partial charge in [0, 0.05) is 5.56 Å². The van der Waals surface area contributed by atoms with Gasteiger partial charge in [-0.25, -0.2) is 4.39 Å². The molecule has 2 N–H and O–H groups in total. The second kappa shape index (κ2) is 3.13. The SMILES string of the molecule is NC(=O)c1c(F)cccc1C=O. The molecular weight excluding hydrogens is 161 g/mol. The van der Waals surface area contributed by atoms with Gasteiger partial charge in [-0.3, -0.25) is 9.59 Å². The lowest BCUT2D eigenvalue weighted by molar-refractivity contribution is 0.0989. The average Bonchev–Trinajstić information content (AvgIpc) is 2.03. The molecule has 0 atom stereocenters. The molecule has 0 saturated heterocycles. The second-order valence-corrected chi connectivity index (χ2v) is 2.19. The number of carbonyl (C=O) groups is 2. The largest absolute Gasteiger partial charge is 0.365 e. The van der Waals surface area contributed by atoms with Crippen LogP contribution >= 0.6 is 0 Å². The topological polar surface area (TPSA) is 60.2 Å². The maximum Gasteiger partial charge on any atom is 0.252 e. The molecular formula is C8H6FNO2. The van der Waals surface area contributed by atoms with Crippen molar-refractivity contribution in [3.63, 3.8) is 0 Å². The first-order valence-corrected chi connectivity index (χ1v) is 3.20. The number of hydrogen-bond donors (Lipinski definition) is 1. The van der Waals surface area contributed by atoms with Crippen molar-refractivity contribution in [2.24, 2.45) is 5.73 Å². The van der Waals surface area contributed by atoms with Crippen LogP contribution in [-0.2, 0) is 0 Å². The monoisotopic (exact) mass is 167 g/mol. The van der Waals surface area contributed by atoms with Crippen LogP contribution in [0.4, 0.5) is 4.39 Å². The van der Waals surface area contributed by atoms with Crippen LogP contribution in [0.1, 0.15) is 20.7 Å². The zero-order valence-corrected chi connectivity index (χ0v) is 6.08. The van der Waals surface area contributed by atoms with E-state index < -0.39 is 11.7 Å². The van der Waals surface area contributed by atoms with Crippen molar-refractivity contribution in [2.75, 3.05) is 0 Å². The molecule has 0 aromatic heterocycles. The lowest BCUT2D eigenvalue weighted by Gasteiger charge is -1.99. The zero-order chi connectivity index (χ0) is 9.14. The lowest BCUT2D eigenvalue weighted by Crippen LogP contribution is -2.15. The Balaban J connectivity index is 3.39. The summed E-state index contributed by atoms with van der Waals surface area (Å²) in [6.07, 6.45) is 0.392. The molecule has 0 aliphatic rings. The van der Waals surface area contributed by atoms with E-state index in [1.54, 1.807) is 0 Å². The molecule has 0 unspecified atom stereocenters. The van der Waals surface area contributed by atoms with Crippen LogP contribution in [-0.4, -0.2) is 12.2 Å². The number of rotatable bonds is 2. The van der Waals surface area contributed by atoms with E-state index in [0.717, 1.165) is 6.07 Å². The van der Waals surface area contributed by atoms with Crippen LogP contribution < -0.4 is 5.73 Å². The number of hydrogen-bond acceptors (Lipinski definition) is 2. The third kappa shape index (κ3) is 1.32. The normalized spacial score (nSPS) is 9.42. The second-order valence-electron chi connectivity index (χ2n) is 2.19. The van der Waals surface area contributed by atoms with E-state index in [9.17, 15) is 14.0 Å². The van der Waals surface area contributed by atoms with Gasteiger partial charge in [-0.15, -0.1) is 0 Å². The molecule has 0 spiro atoms. The van der Waals surface area contributed by atoms with Crippen LogP contribution in [0.15, 0.2) is 18.2 Å². The van der Waals surface area contributed by atoms with Crippen molar-refractivity contribution < 1.29 is 14.0 Å². The van der Waals surface area contributed by atoms with Gasteiger partial charge in [0.2, 0.25) is 0 Å². The van der Waals surface area contributed by atoms with E-state index in [4.69, 9.17) is 5.73 Å². The molecule has 3 nitrogen and oxygen atoms in total. The van der Waals surface area contributed by atoms with Crippen molar-refractivity contribution in [1.82, 2.24) is 0 Å². The molecule has 0 radical (unpaired) electrons. The first-order chi connectivity index (χ1) is 5.66. The molecule has 0 bridgehead atoms. The molecule has 0 saturated carbocycles. The lowest BCUT2D eigenvalue weighted by atomic mass is 10.1. The number of nitrogens with two attached hydrogens (primary N) is 1. The summed E-state index contributed by atoms with van der Waals surface area (Å²) < 4.78 is 12.8. The van der Waals surface area contributed by atoms with E-state index in [1.165, 1.54) is 12.1 Å². The van der Waals surface area contributed by atoms with Gasteiger partial charge in [0.05, 0.1) is 5.56 Å². The number of aldehydes is 1. The fraction of sp³-hybridized carbons (Fsp3) is 0. The predicted octanol–water partition coefficient (Wildman–Crippen LogP) is 0.737. The van der Waals surface area contributed by atoms with Gasteiger partial charge in [0.25, 0.3) is 5.91 Å². The third-order valence-electron chi connectivity index (χ3n) is 1.42. The summed E-state index contributed by atoms with van der Waals surface area (Å²) in [6, 6.07) is 3.74. The Labute approximate surface area is 68.0 Å². The summed E-state index contributed by atoms with van der Waals surface area (Å²) in [5.41, 5.74) is 4.47. The van der Waals surface area contributed by atoms with Crippen LogP contribution in [0.3, 0.4) is 0 Å². The Bertz CT molecular complexity index is 336. The smallest absolute Gasteiger partial charge is 0.252 e. The minimum Gasteiger partial charge on any atom is -0.365 e. The summed E-state index contributed by atoms with van der Waals surface area (Å²) in [5.74, 6) is -1.71. The molecule has 1 aromatic carbocycles. The standard InChI is InChI=1S/C8H6FNO2/c9-6-3-1-2-5(4-11)7(6)8(10)12/h1-4H,(H2,10,12). The summed E-state index contributed by atoms with van der Waals surface area (Å²) in [5, 5.41) is 0. The summed E-state index contributed by atoms with van der Waals surface area (Å²) >= 11 is 0. The van der Waals surface area contributed by atoms with Crippen LogP contribution in [0.25, 0.3) is 0 Å². The van der Waals surface area contributed by atoms with Crippen LogP contribution in [0.5, 0.6) is 0 Å². The highest BCUT2D eigenvalue weighted by Gasteiger charge is 2.12. The molecule has 0 aliphatic carbocycles. The number of carbonyl (C=O) groups excluding carboxylic acids is 2. The minimum absolute atomic E-state index is 0.0255. The van der Waals surface area contributed by atoms with Gasteiger partial charge in [0.15, 0.2) is 6.29 Å². The Morgan fingerprint density at radius 1 is 1.50 bits per heavy atom. The van der Waals surface area contributed by atoms with Crippen molar-refractivity contribution >= 4 is 12.2 Å². The van der Waals surface area contributed by atoms with E-state index >= 15 is 0 Å². The van der Waals surface area contributed by atoms with Crippen molar-refractivity contribution in [2.45, 2.75) is 0 Å². The van der Waals surface area contributed by atoms with E-state index in [1.807, 2.05) is 0 Å². The third-order valence-corrected chi connectivity index (χ3v) is 1.42. The molecule has 12 heavy (non-hydrogen) atoms. The first kappa shape index (κ1) is 8.39. The van der Waals surface area contributed by atoms with E-state index in [0.29, 0.717) is 6.29 Å². The molecule has 0 heterocycles. The number of benzene rings is 1. The highest BCUT2D eigenvalue weighted by atomic mass is 19.1. The van der Waals surface area contributed by atoms with Gasteiger partial charge in [-0.2, -0.15) is 0 Å². The van der Waals surface area contributed by atoms with E-state index in [2.05, 4.69) is 0 Å². The molecule has 0 fully saturated rings. The zero-order valence-electron chi connectivity index (χ0n) is 6.08. The summed E-state index contributed by atoms with van der Waals surface area (Å²) in [4.78, 5) is 20.9.